The molecular formula is C31H33NO10. The van der Waals surface area contributed by atoms with Gasteiger partial charge in [-0.1, -0.05) is 44.1 Å². The average Bonchev–Trinajstić information content (AvgIpc) is 3.29. The zero-order valence-electron chi connectivity index (χ0n) is 23.5. The first-order valence-electron chi connectivity index (χ1n) is 12.9. The molecule has 1 atom stereocenters. The summed E-state index contributed by atoms with van der Waals surface area (Å²) in [4.78, 5) is 58.1. The highest BCUT2D eigenvalue weighted by Gasteiger charge is 2.35. The van der Waals surface area contributed by atoms with Crippen LogP contribution in [-0.4, -0.2) is 69.8 Å². The number of amides is 2. The molecule has 0 saturated carbocycles. The third kappa shape index (κ3) is 9.77. The van der Waals surface area contributed by atoms with E-state index in [0.29, 0.717) is 35.5 Å². The van der Waals surface area contributed by atoms with Gasteiger partial charge in [0.25, 0.3) is 11.8 Å². The van der Waals surface area contributed by atoms with Crippen LogP contribution in [0.25, 0.3) is 12.2 Å². The molecule has 3 rings (SSSR count). The maximum absolute atomic E-state index is 11.9. The van der Waals surface area contributed by atoms with E-state index in [4.69, 9.17) is 14.6 Å². The van der Waals surface area contributed by atoms with Crippen molar-refractivity contribution in [1.82, 2.24) is 4.90 Å². The summed E-state index contributed by atoms with van der Waals surface area (Å²) >= 11 is 0. The molecular weight excluding hydrogens is 546 g/mol. The Morgan fingerprint density at radius 2 is 1.29 bits per heavy atom. The molecule has 3 N–H and O–H groups in total. The Kier molecular flexibility index (Phi) is 12.7. The molecule has 0 spiro atoms. The molecule has 11 nitrogen and oxygen atoms in total. The van der Waals surface area contributed by atoms with Crippen molar-refractivity contribution in [2.45, 2.75) is 38.6 Å². The second kappa shape index (κ2) is 16.2. The van der Waals surface area contributed by atoms with Gasteiger partial charge >= 0.3 is 5.97 Å². The fraction of sp³-hybridized carbons (Fsp3) is 0.258. The zero-order chi connectivity index (χ0) is 31.2. The van der Waals surface area contributed by atoms with Gasteiger partial charge in [-0.2, -0.15) is 0 Å². The lowest BCUT2D eigenvalue weighted by Crippen LogP contribution is -2.44. The Balaban J connectivity index is 0.000000347. The van der Waals surface area contributed by atoms with Gasteiger partial charge in [0.15, 0.2) is 34.6 Å². The van der Waals surface area contributed by atoms with E-state index in [9.17, 15) is 34.2 Å². The van der Waals surface area contributed by atoms with Crippen molar-refractivity contribution in [2.24, 2.45) is 0 Å². The first kappa shape index (κ1) is 33.0. The first-order chi connectivity index (χ1) is 20.0. The summed E-state index contributed by atoms with van der Waals surface area (Å²) in [6.07, 6.45) is 9.46. The van der Waals surface area contributed by atoms with E-state index in [2.05, 4.69) is 0 Å². The van der Waals surface area contributed by atoms with Crippen molar-refractivity contribution in [3.63, 3.8) is 0 Å². The average molecular weight is 580 g/mol. The van der Waals surface area contributed by atoms with Crippen molar-refractivity contribution in [3.8, 4) is 23.0 Å². The molecule has 0 aliphatic carbocycles. The number of unbranched alkanes of at least 4 members (excludes halogenated alkanes) is 1. The minimum Gasteiger partial charge on any atom is -0.504 e. The van der Waals surface area contributed by atoms with Gasteiger partial charge in [-0.05, 0) is 54.0 Å². The normalized spacial score (nSPS) is 13.3. The van der Waals surface area contributed by atoms with Gasteiger partial charge in [0.05, 0.1) is 20.6 Å². The zero-order valence-corrected chi connectivity index (χ0v) is 23.5. The van der Waals surface area contributed by atoms with Crippen molar-refractivity contribution in [3.05, 3.63) is 71.8 Å². The summed E-state index contributed by atoms with van der Waals surface area (Å²) in [7, 11) is 2.87. The summed E-state index contributed by atoms with van der Waals surface area (Å²) < 4.78 is 10.00. The van der Waals surface area contributed by atoms with E-state index in [1.165, 1.54) is 38.5 Å². The number of methoxy groups -OCH3 is 2. The number of benzene rings is 2. The number of aromatic hydroxyl groups is 2. The number of aliphatic carboxylic acids is 1. The Labute approximate surface area is 243 Å². The van der Waals surface area contributed by atoms with Crippen LogP contribution >= 0.6 is 0 Å². The maximum atomic E-state index is 11.9. The predicted octanol–water partition coefficient (Wildman–Crippen LogP) is 3.92. The lowest BCUT2D eigenvalue weighted by molar-refractivity contribution is -0.153. The number of ketones is 2. The number of rotatable bonds is 13. The van der Waals surface area contributed by atoms with Crippen LogP contribution in [0.15, 0.2) is 60.7 Å². The van der Waals surface area contributed by atoms with E-state index >= 15 is 0 Å². The van der Waals surface area contributed by atoms with Gasteiger partial charge in [-0.15, -0.1) is 0 Å². The molecule has 1 unspecified atom stereocenters. The number of nitrogens with zero attached hydrogens (tertiary/aromatic N) is 1. The highest BCUT2D eigenvalue weighted by Crippen LogP contribution is 2.27. The standard InChI is InChI=1S/C21H20O6.C10H13NO4/c1-26-20-11-14(5-9-18(20)24)3-7-16(22)13-17(23)8-4-15-6-10-19(25)21(12-15)27-2;1-2-3-4-7(10(14)15)11-8(12)5-6-9(11)13/h3-12,24-25H,13H2,1-2H3;5-7H,2-4H2,1H3,(H,14,15). The molecule has 1 aliphatic rings. The number of carbonyl (C=O) groups excluding carboxylic acids is 4. The van der Waals surface area contributed by atoms with Crippen LogP contribution in [0.4, 0.5) is 0 Å². The third-order valence-electron chi connectivity index (χ3n) is 5.95. The van der Waals surface area contributed by atoms with Gasteiger partial charge in [-0.25, -0.2) is 4.79 Å². The van der Waals surface area contributed by atoms with Crippen LogP contribution in [0.3, 0.4) is 0 Å². The van der Waals surface area contributed by atoms with E-state index < -0.39 is 23.8 Å². The van der Waals surface area contributed by atoms with Crippen molar-refractivity contribution < 1.29 is 48.8 Å². The molecule has 0 fully saturated rings. The molecule has 0 bridgehead atoms. The van der Waals surface area contributed by atoms with Gasteiger partial charge in [0.2, 0.25) is 0 Å². The largest absolute Gasteiger partial charge is 0.504 e. The molecule has 2 amide bonds. The molecule has 0 radical (unpaired) electrons. The lowest BCUT2D eigenvalue weighted by Gasteiger charge is -2.21. The molecule has 222 valence electrons. The van der Waals surface area contributed by atoms with Crippen LogP contribution < -0.4 is 9.47 Å². The summed E-state index contributed by atoms with van der Waals surface area (Å²) in [5.74, 6) is -2.29. The minimum atomic E-state index is -1.13. The molecule has 2 aromatic carbocycles. The second-order valence-electron chi connectivity index (χ2n) is 9.01. The highest BCUT2D eigenvalue weighted by atomic mass is 16.5. The SMILES string of the molecule is CCCCC(C(=O)O)N1C(=O)C=CC1=O.COc1cc(C=CC(=O)CC(=O)C=Cc2ccc(O)c(OC)c2)ccc1O. The number of phenols is 2. The quantitative estimate of drug-likeness (QED) is 0.180. The van der Waals surface area contributed by atoms with Crippen LogP contribution in [-0.2, 0) is 24.0 Å². The van der Waals surface area contributed by atoms with Gasteiger partial charge < -0.3 is 24.8 Å². The second-order valence-corrected chi connectivity index (χ2v) is 9.01. The number of carboxylic acids is 1. The maximum Gasteiger partial charge on any atom is 0.326 e. The van der Waals surface area contributed by atoms with Crippen LogP contribution in [0, 0.1) is 0 Å². The molecule has 11 heteroatoms. The van der Waals surface area contributed by atoms with E-state index in [1.54, 1.807) is 36.4 Å². The van der Waals surface area contributed by atoms with Crippen LogP contribution in [0.2, 0.25) is 0 Å². The molecule has 1 heterocycles. The fourth-order valence-corrected chi connectivity index (χ4v) is 3.74. The number of allylic oxidation sites excluding steroid dienone is 2. The highest BCUT2D eigenvalue weighted by molar-refractivity contribution is 6.14. The molecule has 0 aromatic heterocycles. The van der Waals surface area contributed by atoms with Crippen molar-refractivity contribution in [2.75, 3.05) is 14.2 Å². The summed E-state index contributed by atoms with van der Waals surface area (Å²) in [6.45, 7) is 1.92. The Morgan fingerprint density at radius 1 is 0.833 bits per heavy atom. The summed E-state index contributed by atoms with van der Waals surface area (Å²) in [5, 5.41) is 28.0. The Morgan fingerprint density at radius 3 is 1.67 bits per heavy atom. The number of hydrogen-bond acceptors (Lipinski definition) is 9. The number of hydrogen-bond donors (Lipinski definition) is 3. The monoisotopic (exact) mass is 579 g/mol. The van der Waals surface area contributed by atoms with Gasteiger partial charge in [0, 0.05) is 12.2 Å². The first-order valence-corrected chi connectivity index (χ1v) is 12.9. The topological polar surface area (TPSA) is 168 Å². The van der Waals surface area contributed by atoms with Crippen LogP contribution in [0.1, 0.15) is 43.7 Å². The third-order valence-corrected chi connectivity index (χ3v) is 5.95. The van der Waals surface area contributed by atoms with Gasteiger partial charge in [-0.3, -0.25) is 24.1 Å². The van der Waals surface area contributed by atoms with E-state index in [0.717, 1.165) is 23.5 Å². The Hall–Kier alpha value is -5.19. The molecule has 2 aromatic rings. The number of carbonyl (C=O) groups is 5. The number of imide groups is 1. The fourth-order valence-electron chi connectivity index (χ4n) is 3.74. The molecule has 1 aliphatic heterocycles. The van der Waals surface area contributed by atoms with E-state index in [-0.39, 0.29) is 29.5 Å². The molecule has 42 heavy (non-hydrogen) atoms. The van der Waals surface area contributed by atoms with Crippen molar-refractivity contribution in [1.29, 1.82) is 0 Å². The smallest absolute Gasteiger partial charge is 0.326 e. The lowest BCUT2D eigenvalue weighted by atomic mass is 10.1. The molecule has 0 saturated heterocycles. The summed E-state index contributed by atoms with van der Waals surface area (Å²) in [5.41, 5.74) is 1.33. The van der Waals surface area contributed by atoms with E-state index in [1.807, 2.05) is 6.92 Å². The Bertz CT molecular complexity index is 1310. The summed E-state index contributed by atoms with van der Waals surface area (Å²) in [6, 6.07) is 8.31. The van der Waals surface area contributed by atoms with Crippen LogP contribution in [0.5, 0.6) is 23.0 Å². The van der Waals surface area contributed by atoms with Gasteiger partial charge in [0.1, 0.15) is 6.04 Å². The minimum absolute atomic E-state index is 0.00662. The number of phenolic OH excluding ortho intramolecular Hbond substituents is 2. The predicted molar refractivity (Wildman–Crippen MR) is 154 cm³/mol. The number of ether oxygens (including phenoxy) is 2. The van der Waals surface area contributed by atoms with Crippen molar-refractivity contribution >= 4 is 41.5 Å². The number of carboxylic acid groups (broad SMARTS) is 1.